The van der Waals surface area contributed by atoms with Gasteiger partial charge in [0.05, 0.1) is 22.8 Å². The number of nitrogens with zero attached hydrogens (tertiary/aromatic N) is 4. The van der Waals surface area contributed by atoms with Crippen LogP contribution in [0.4, 0.5) is 5.69 Å². The number of aryl methyl sites for hydroxylation is 1. The third kappa shape index (κ3) is 4.94. The number of amides is 1. The Kier molecular flexibility index (Phi) is 7.09. The van der Waals surface area contributed by atoms with E-state index >= 15 is 0 Å². The summed E-state index contributed by atoms with van der Waals surface area (Å²) in [6.07, 6.45) is 13.0. The zero-order chi connectivity index (χ0) is 24.4. The van der Waals surface area contributed by atoms with E-state index in [-0.39, 0.29) is 11.9 Å². The molecule has 1 aliphatic heterocycles. The Morgan fingerprint density at radius 3 is 2.63 bits per heavy atom. The Bertz CT molecular complexity index is 1230. The van der Waals surface area contributed by atoms with Crippen LogP contribution in [-0.4, -0.2) is 44.7 Å². The number of carbonyl (C=O) groups excluding carboxylic acids is 1. The van der Waals surface area contributed by atoms with E-state index in [1.165, 1.54) is 43.2 Å². The molecular formula is C28H34ClN5O. The van der Waals surface area contributed by atoms with Crippen molar-refractivity contribution in [2.75, 3.05) is 18.4 Å². The number of benzene rings is 1. The van der Waals surface area contributed by atoms with Crippen molar-refractivity contribution in [3.63, 3.8) is 0 Å². The molecule has 2 aromatic heterocycles. The maximum atomic E-state index is 13.8. The van der Waals surface area contributed by atoms with Gasteiger partial charge in [0.2, 0.25) is 0 Å². The molecule has 3 aromatic rings. The molecular weight excluding hydrogens is 458 g/mol. The summed E-state index contributed by atoms with van der Waals surface area (Å²) < 4.78 is 1.89. The molecule has 5 rings (SSSR count). The van der Waals surface area contributed by atoms with Crippen LogP contribution in [0.25, 0.3) is 16.6 Å². The zero-order valence-corrected chi connectivity index (χ0v) is 21.4. The van der Waals surface area contributed by atoms with Gasteiger partial charge in [-0.15, -0.1) is 0 Å². The smallest absolute Gasteiger partial charge is 0.257 e. The minimum Gasteiger partial charge on any atom is -0.381 e. The maximum absolute atomic E-state index is 13.8. The molecule has 1 amide bonds. The summed E-state index contributed by atoms with van der Waals surface area (Å²) in [5, 5.41) is 9.94. The largest absolute Gasteiger partial charge is 0.381 e. The molecule has 7 heteroatoms. The van der Waals surface area contributed by atoms with Crippen molar-refractivity contribution < 1.29 is 4.79 Å². The molecule has 0 spiro atoms. The van der Waals surface area contributed by atoms with Crippen LogP contribution in [0.15, 0.2) is 42.7 Å². The topological polar surface area (TPSA) is 63.1 Å². The normalized spacial score (nSPS) is 17.9. The van der Waals surface area contributed by atoms with Crippen LogP contribution in [0.1, 0.15) is 68.3 Å². The fraction of sp³-hybridized carbons (Fsp3) is 0.464. The summed E-state index contributed by atoms with van der Waals surface area (Å²) in [5.74, 6) is 0.643. The van der Waals surface area contributed by atoms with Crippen molar-refractivity contribution in [1.82, 2.24) is 19.7 Å². The third-order valence-electron chi connectivity index (χ3n) is 7.64. The number of rotatable bonds is 6. The van der Waals surface area contributed by atoms with E-state index in [1.54, 1.807) is 6.20 Å². The van der Waals surface area contributed by atoms with Gasteiger partial charge in [-0.3, -0.25) is 4.79 Å². The monoisotopic (exact) mass is 491 g/mol. The van der Waals surface area contributed by atoms with Crippen molar-refractivity contribution in [2.24, 2.45) is 5.92 Å². The van der Waals surface area contributed by atoms with E-state index in [0.717, 1.165) is 34.7 Å². The van der Waals surface area contributed by atoms with Crippen molar-refractivity contribution >= 4 is 39.8 Å². The van der Waals surface area contributed by atoms with Crippen molar-refractivity contribution in [3.05, 3.63) is 58.9 Å². The summed E-state index contributed by atoms with van der Waals surface area (Å²) in [5.41, 5.74) is 4.77. The Hall–Kier alpha value is -2.86. The highest BCUT2D eigenvalue weighted by atomic mass is 35.5. The highest BCUT2D eigenvalue weighted by molar-refractivity contribution is 6.30. The number of pyridine rings is 1. The molecule has 1 N–H and O–H groups in total. The minimum atomic E-state index is 0.0217. The Labute approximate surface area is 212 Å². The first-order valence-electron chi connectivity index (χ1n) is 12.9. The summed E-state index contributed by atoms with van der Waals surface area (Å²) in [6.45, 7) is 6.32. The third-order valence-corrected chi connectivity index (χ3v) is 7.89. The van der Waals surface area contributed by atoms with Crippen molar-refractivity contribution in [2.45, 2.75) is 65.0 Å². The maximum Gasteiger partial charge on any atom is 0.257 e. The van der Waals surface area contributed by atoms with Crippen LogP contribution in [0.3, 0.4) is 0 Å². The molecule has 1 atom stereocenters. The first-order valence-corrected chi connectivity index (χ1v) is 13.3. The molecule has 0 saturated heterocycles. The second-order valence-corrected chi connectivity index (χ2v) is 10.2. The zero-order valence-electron chi connectivity index (χ0n) is 20.6. The van der Waals surface area contributed by atoms with E-state index < -0.39 is 0 Å². The molecule has 2 aliphatic rings. The van der Waals surface area contributed by atoms with Crippen LogP contribution in [0, 0.1) is 5.92 Å². The Balaban J connectivity index is 1.42. The lowest BCUT2D eigenvalue weighted by Gasteiger charge is -2.31. The van der Waals surface area contributed by atoms with E-state index in [0.29, 0.717) is 24.6 Å². The van der Waals surface area contributed by atoms with Gasteiger partial charge in [0.1, 0.15) is 0 Å². The average Bonchev–Trinajstić information content (AvgIpc) is 3.33. The number of anilines is 1. The summed E-state index contributed by atoms with van der Waals surface area (Å²) in [7, 11) is 0. The van der Waals surface area contributed by atoms with Gasteiger partial charge in [-0.25, -0.2) is 9.67 Å². The number of carbonyl (C=O) groups is 1. The number of aromatic nitrogens is 3. The average molecular weight is 492 g/mol. The van der Waals surface area contributed by atoms with Gasteiger partial charge in [0.15, 0.2) is 5.65 Å². The van der Waals surface area contributed by atoms with Crippen LogP contribution in [-0.2, 0) is 6.54 Å². The Morgan fingerprint density at radius 2 is 1.94 bits per heavy atom. The summed E-state index contributed by atoms with van der Waals surface area (Å²) in [4.78, 5) is 20.3. The van der Waals surface area contributed by atoms with Crippen LogP contribution < -0.4 is 5.32 Å². The highest BCUT2D eigenvalue weighted by Gasteiger charge is 2.27. The number of hydrogen-bond donors (Lipinski definition) is 1. The van der Waals surface area contributed by atoms with E-state index in [9.17, 15) is 4.79 Å². The standard InChI is InChI=1S/C28H34ClN5O/c1-3-34-27-24(18-31-34)26(32-19(2)20-7-5-4-6-8-20)25(17-30-27)28(35)33-15-13-22(14-16-33)21-9-11-23(29)12-10-21/h9-13,17-20H,3-8,14-16H2,1-2H3,(H,30,32)/t19-/m1/s1. The first-order chi connectivity index (χ1) is 17.0. The van der Waals surface area contributed by atoms with Gasteiger partial charge >= 0.3 is 0 Å². The number of hydrogen-bond acceptors (Lipinski definition) is 4. The molecule has 1 aliphatic carbocycles. The number of fused-ring (bicyclic) bond motifs is 1. The second kappa shape index (κ2) is 10.4. The van der Waals surface area contributed by atoms with E-state index in [4.69, 9.17) is 11.6 Å². The summed E-state index contributed by atoms with van der Waals surface area (Å²) in [6, 6.07) is 8.21. The quantitative estimate of drug-likeness (QED) is 0.432. The van der Waals surface area contributed by atoms with Gasteiger partial charge in [0.25, 0.3) is 5.91 Å². The molecule has 3 heterocycles. The summed E-state index contributed by atoms with van der Waals surface area (Å²) >= 11 is 6.05. The van der Waals surface area contributed by atoms with Crippen LogP contribution >= 0.6 is 11.6 Å². The predicted molar refractivity (Wildman–Crippen MR) is 143 cm³/mol. The number of halogens is 1. The molecule has 184 valence electrons. The lowest BCUT2D eigenvalue weighted by atomic mass is 9.84. The molecule has 1 saturated carbocycles. The first kappa shape index (κ1) is 23.9. The van der Waals surface area contributed by atoms with Crippen molar-refractivity contribution in [1.29, 1.82) is 0 Å². The van der Waals surface area contributed by atoms with Gasteiger partial charge in [-0.1, -0.05) is 49.1 Å². The molecule has 1 aromatic carbocycles. The fourth-order valence-electron chi connectivity index (χ4n) is 5.51. The van der Waals surface area contributed by atoms with E-state index in [2.05, 4.69) is 35.3 Å². The van der Waals surface area contributed by atoms with Gasteiger partial charge in [-0.05, 0) is 62.3 Å². The second-order valence-electron chi connectivity index (χ2n) is 9.81. The molecule has 0 unspecified atom stereocenters. The Morgan fingerprint density at radius 1 is 1.17 bits per heavy atom. The highest BCUT2D eigenvalue weighted by Crippen LogP contribution is 2.33. The van der Waals surface area contributed by atoms with Gasteiger partial charge in [-0.2, -0.15) is 5.10 Å². The van der Waals surface area contributed by atoms with E-state index in [1.807, 2.05) is 40.0 Å². The number of nitrogens with one attached hydrogen (secondary N) is 1. The molecule has 0 radical (unpaired) electrons. The van der Waals surface area contributed by atoms with Crippen LogP contribution in [0.5, 0.6) is 0 Å². The van der Waals surface area contributed by atoms with Gasteiger partial charge < -0.3 is 10.2 Å². The molecule has 35 heavy (non-hydrogen) atoms. The molecule has 0 bridgehead atoms. The minimum absolute atomic E-state index is 0.0217. The molecule has 6 nitrogen and oxygen atoms in total. The molecule has 1 fully saturated rings. The fourth-order valence-corrected chi connectivity index (χ4v) is 5.63. The lowest BCUT2D eigenvalue weighted by Crippen LogP contribution is -2.36. The van der Waals surface area contributed by atoms with Crippen LogP contribution in [0.2, 0.25) is 5.02 Å². The van der Waals surface area contributed by atoms with Gasteiger partial charge in [0, 0.05) is 36.9 Å². The van der Waals surface area contributed by atoms with Crippen molar-refractivity contribution in [3.8, 4) is 0 Å². The predicted octanol–water partition coefficient (Wildman–Crippen LogP) is 6.41. The SMILES string of the molecule is CCn1ncc2c(N[C@H](C)C3CCCCC3)c(C(=O)N3CC=C(c4ccc(Cl)cc4)CC3)cnc21. The lowest BCUT2D eigenvalue weighted by molar-refractivity contribution is 0.0773.